The molecule has 0 fully saturated rings. The van der Waals surface area contributed by atoms with Crippen molar-refractivity contribution in [2.75, 3.05) is 5.32 Å². The van der Waals surface area contributed by atoms with Crippen molar-refractivity contribution in [3.05, 3.63) is 92.7 Å². The number of halogens is 1. The number of aromatic amines is 1. The van der Waals surface area contributed by atoms with Crippen molar-refractivity contribution in [2.24, 2.45) is 0 Å². The first-order chi connectivity index (χ1) is 13.5. The maximum absolute atomic E-state index is 12.6. The van der Waals surface area contributed by atoms with Gasteiger partial charge in [-0.3, -0.25) is 9.59 Å². The summed E-state index contributed by atoms with van der Waals surface area (Å²) in [7, 11) is 0. The second-order valence-corrected chi connectivity index (χ2v) is 7.51. The number of hydrogen-bond donors (Lipinski definition) is 3. The Kier molecular flexibility index (Phi) is 4.88. The van der Waals surface area contributed by atoms with E-state index in [1.54, 1.807) is 30.3 Å². The van der Waals surface area contributed by atoms with Gasteiger partial charge in [0.05, 0.1) is 5.52 Å². The molecule has 1 atom stereocenters. The molecule has 1 amide bonds. The van der Waals surface area contributed by atoms with Crippen LogP contribution in [0.25, 0.3) is 10.9 Å². The molecule has 0 radical (unpaired) electrons. The molecule has 1 aliphatic carbocycles. The third kappa shape index (κ3) is 3.51. The summed E-state index contributed by atoms with van der Waals surface area (Å²) >= 11 is 3.33. The largest absolute Gasteiger partial charge is 0.506 e. The Morgan fingerprint density at radius 1 is 1.14 bits per heavy atom. The van der Waals surface area contributed by atoms with E-state index < -0.39 is 11.5 Å². The summed E-state index contributed by atoms with van der Waals surface area (Å²) < 4.78 is 0.732. The van der Waals surface area contributed by atoms with Crippen LogP contribution < -0.4 is 10.9 Å². The Bertz CT molecular complexity index is 1180. The molecule has 3 aromatic rings. The molecular weight excluding hydrogens is 420 g/mol. The molecule has 0 saturated carbocycles. The van der Waals surface area contributed by atoms with E-state index in [0.717, 1.165) is 16.5 Å². The number of carbonyl (C=O) groups is 1. The van der Waals surface area contributed by atoms with Gasteiger partial charge in [0, 0.05) is 21.5 Å². The monoisotopic (exact) mass is 436 g/mol. The molecule has 0 spiro atoms. The van der Waals surface area contributed by atoms with Gasteiger partial charge in [-0.05, 0) is 42.3 Å². The maximum atomic E-state index is 12.6. The highest BCUT2D eigenvalue weighted by Crippen LogP contribution is 2.29. The number of amides is 1. The molecule has 0 saturated heterocycles. The quantitative estimate of drug-likeness (QED) is 0.548. The summed E-state index contributed by atoms with van der Waals surface area (Å²) in [4.78, 5) is 27.6. The lowest BCUT2D eigenvalue weighted by Crippen LogP contribution is -2.23. The van der Waals surface area contributed by atoms with Crippen LogP contribution in [0.4, 0.5) is 5.69 Å². The minimum Gasteiger partial charge on any atom is -0.506 e. The fourth-order valence-electron chi connectivity index (χ4n) is 3.29. The fourth-order valence-corrected chi connectivity index (χ4v) is 3.66. The number of benzene rings is 2. The number of allylic oxidation sites excluding steroid dienone is 4. The lowest BCUT2D eigenvalue weighted by molar-refractivity contribution is 0.102. The number of rotatable bonds is 3. The van der Waals surface area contributed by atoms with Gasteiger partial charge in [-0.15, -0.1) is 0 Å². The first-order valence-electron chi connectivity index (χ1n) is 8.82. The minimum atomic E-state index is -0.658. The molecule has 6 heteroatoms. The van der Waals surface area contributed by atoms with Crippen molar-refractivity contribution in [1.82, 2.24) is 4.98 Å². The predicted octanol–water partition coefficient (Wildman–Crippen LogP) is 4.85. The second kappa shape index (κ2) is 7.48. The molecule has 1 heterocycles. The Morgan fingerprint density at radius 2 is 1.93 bits per heavy atom. The van der Waals surface area contributed by atoms with Gasteiger partial charge in [0.25, 0.3) is 11.5 Å². The summed E-state index contributed by atoms with van der Waals surface area (Å²) in [6, 6.07) is 12.5. The van der Waals surface area contributed by atoms with E-state index in [9.17, 15) is 14.7 Å². The lowest BCUT2D eigenvalue weighted by Gasteiger charge is -2.14. The number of aromatic hydroxyl groups is 1. The van der Waals surface area contributed by atoms with Crippen molar-refractivity contribution in [1.29, 1.82) is 0 Å². The second-order valence-electron chi connectivity index (χ2n) is 6.60. The number of pyridine rings is 1. The van der Waals surface area contributed by atoms with Gasteiger partial charge in [0.1, 0.15) is 11.3 Å². The molecule has 1 unspecified atom stereocenters. The van der Waals surface area contributed by atoms with E-state index in [0.29, 0.717) is 22.5 Å². The standard InChI is InChI=1S/C22H17BrN2O3/c23-15-8-11-18-17(12-15)20(26)19(22(28)25-18)21(27)24-16-9-6-14(7-10-16)13-4-2-1-3-5-13/h1-4,6-13H,5H2,(H,24,27)(H2,25,26,28). The Labute approximate surface area is 169 Å². The molecule has 0 bridgehead atoms. The molecule has 1 aromatic heterocycles. The van der Waals surface area contributed by atoms with Crippen LogP contribution in [-0.2, 0) is 0 Å². The minimum absolute atomic E-state index is 0.310. The van der Waals surface area contributed by atoms with Crippen molar-refractivity contribution < 1.29 is 9.90 Å². The molecule has 5 nitrogen and oxygen atoms in total. The van der Waals surface area contributed by atoms with Gasteiger partial charge in [0.2, 0.25) is 0 Å². The SMILES string of the molecule is O=C(Nc1ccc(C2C=CC=CC2)cc1)c1c(O)c2cc(Br)ccc2[nH]c1=O. The van der Waals surface area contributed by atoms with Gasteiger partial charge in [0.15, 0.2) is 0 Å². The van der Waals surface area contributed by atoms with Gasteiger partial charge in [-0.25, -0.2) is 0 Å². The van der Waals surface area contributed by atoms with E-state index >= 15 is 0 Å². The van der Waals surface area contributed by atoms with Crippen molar-refractivity contribution in [2.45, 2.75) is 12.3 Å². The molecule has 28 heavy (non-hydrogen) atoms. The maximum Gasteiger partial charge on any atom is 0.265 e. The van der Waals surface area contributed by atoms with E-state index in [2.05, 4.69) is 38.4 Å². The van der Waals surface area contributed by atoms with Gasteiger partial charge in [-0.2, -0.15) is 0 Å². The van der Waals surface area contributed by atoms with Crippen LogP contribution in [0.15, 0.2) is 76.0 Å². The predicted molar refractivity (Wildman–Crippen MR) is 114 cm³/mol. The number of hydrogen-bond acceptors (Lipinski definition) is 3. The van der Waals surface area contributed by atoms with E-state index in [1.807, 2.05) is 24.3 Å². The van der Waals surface area contributed by atoms with Crippen LogP contribution in [0.5, 0.6) is 5.75 Å². The van der Waals surface area contributed by atoms with Crippen LogP contribution >= 0.6 is 15.9 Å². The number of H-pyrrole nitrogens is 1. The van der Waals surface area contributed by atoms with Gasteiger partial charge in [-0.1, -0.05) is 52.4 Å². The van der Waals surface area contributed by atoms with E-state index in [4.69, 9.17) is 0 Å². The van der Waals surface area contributed by atoms with E-state index in [1.165, 1.54) is 0 Å². The van der Waals surface area contributed by atoms with Crippen LogP contribution in [0.1, 0.15) is 28.3 Å². The number of fused-ring (bicyclic) bond motifs is 1. The zero-order valence-electron chi connectivity index (χ0n) is 14.8. The lowest BCUT2D eigenvalue weighted by atomic mass is 9.92. The molecule has 0 aliphatic heterocycles. The van der Waals surface area contributed by atoms with Gasteiger partial charge >= 0.3 is 0 Å². The third-order valence-corrected chi connectivity index (χ3v) is 5.25. The summed E-state index contributed by atoms with van der Waals surface area (Å²) in [6.07, 6.45) is 9.25. The number of carbonyl (C=O) groups excluding carboxylic acids is 1. The Morgan fingerprint density at radius 3 is 2.64 bits per heavy atom. The number of anilines is 1. The zero-order valence-corrected chi connectivity index (χ0v) is 16.4. The molecule has 1 aliphatic rings. The molecule has 3 N–H and O–H groups in total. The smallest absolute Gasteiger partial charge is 0.265 e. The Balaban J connectivity index is 1.61. The zero-order chi connectivity index (χ0) is 19.7. The average Bonchev–Trinajstić information content (AvgIpc) is 2.70. The fraction of sp³-hybridized carbons (Fsp3) is 0.0909. The van der Waals surface area contributed by atoms with Crippen molar-refractivity contribution >= 4 is 38.4 Å². The first kappa shape index (κ1) is 18.3. The summed E-state index contributed by atoms with van der Waals surface area (Å²) in [5, 5.41) is 13.6. The van der Waals surface area contributed by atoms with Crippen LogP contribution in [-0.4, -0.2) is 16.0 Å². The van der Waals surface area contributed by atoms with Gasteiger partial charge < -0.3 is 15.4 Å². The summed E-state index contributed by atoms with van der Waals surface area (Å²) in [6.45, 7) is 0. The third-order valence-electron chi connectivity index (χ3n) is 4.75. The van der Waals surface area contributed by atoms with E-state index in [-0.39, 0.29) is 11.3 Å². The number of aromatic nitrogens is 1. The highest BCUT2D eigenvalue weighted by Gasteiger charge is 2.19. The highest BCUT2D eigenvalue weighted by atomic mass is 79.9. The van der Waals surface area contributed by atoms with Crippen LogP contribution in [0.2, 0.25) is 0 Å². The normalized spacial score (nSPS) is 15.7. The Hall–Kier alpha value is -3.12. The molecule has 2 aromatic carbocycles. The molecule has 4 rings (SSSR count). The summed E-state index contributed by atoms with van der Waals surface area (Å²) in [5.41, 5.74) is 1.21. The number of nitrogens with one attached hydrogen (secondary N) is 2. The highest BCUT2D eigenvalue weighted by molar-refractivity contribution is 9.10. The van der Waals surface area contributed by atoms with Crippen molar-refractivity contribution in [3.63, 3.8) is 0 Å². The summed E-state index contributed by atoms with van der Waals surface area (Å²) in [5.74, 6) is -0.678. The average molecular weight is 437 g/mol. The molecule has 140 valence electrons. The topological polar surface area (TPSA) is 82.2 Å². The first-order valence-corrected chi connectivity index (χ1v) is 9.61. The van der Waals surface area contributed by atoms with Crippen LogP contribution in [0, 0.1) is 0 Å². The molecular formula is C22H17BrN2O3. The van der Waals surface area contributed by atoms with Crippen LogP contribution in [0.3, 0.4) is 0 Å². The van der Waals surface area contributed by atoms with Crippen molar-refractivity contribution in [3.8, 4) is 5.75 Å².